The second-order valence-electron chi connectivity index (χ2n) is 9.08. The van der Waals surface area contributed by atoms with Gasteiger partial charge in [0.05, 0.1) is 23.7 Å². The number of aliphatic hydroxyl groups is 2. The van der Waals surface area contributed by atoms with E-state index >= 15 is 0 Å². The van der Waals surface area contributed by atoms with Crippen LogP contribution in [-0.2, 0) is 9.47 Å². The van der Waals surface area contributed by atoms with Crippen molar-refractivity contribution in [2.75, 3.05) is 6.61 Å². The van der Waals surface area contributed by atoms with E-state index in [0.29, 0.717) is 24.5 Å². The number of rotatable bonds is 8. The molecule has 0 aliphatic carbocycles. The van der Waals surface area contributed by atoms with E-state index in [4.69, 9.17) is 18.6 Å². The molecule has 1 aromatic heterocycles. The summed E-state index contributed by atoms with van der Waals surface area (Å²) in [5.74, 6) is 0.825. The van der Waals surface area contributed by atoms with Gasteiger partial charge in [0.2, 0.25) is 0 Å². The van der Waals surface area contributed by atoms with Gasteiger partial charge in [-0.15, -0.1) is 0 Å². The Labute approximate surface area is 194 Å². The number of aliphatic hydroxyl groups excluding tert-OH is 1. The first-order valence-corrected chi connectivity index (χ1v) is 11.2. The van der Waals surface area contributed by atoms with Gasteiger partial charge in [-0.3, -0.25) is 0 Å². The van der Waals surface area contributed by atoms with Crippen molar-refractivity contribution in [3.63, 3.8) is 0 Å². The zero-order valence-corrected chi connectivity index (χ0v) is 19.9. The highest BCUT2D eigenvalue weighted by atomic mass is 16.7. The summed E-state index contributed by atoms with van der Waals surface area (Å²) in [4.78, 5) is 11.7. The second-order valence-corrected chi connectivity index (χ2v) is 9.08. The van der Waals surface area contributed by atoms with Crippen molar-refractivity contribution >= 4 is 6.08 Å². The van der Waals surface area contributed by atoms with Crippen LogP contribution in [0.1, 0.15) is 46.8 Å². The van der Waals surface area contributed by atoms with Gasteiger partial charge in [-0.1, -0.05) is 42.9 Å². The molecule has 0 radical (unpaired) electrons. The molecule has 0 spiro atoms. The lowest BCUT2D eigenvalue weighted by Crippen LogP contribution is -2.54. The molecule has 0 aromatic carbocycles. The van der Waals surface area contributed by atoms with Crippen molar-refractivity contribution in [1.29, 1.82) is 0 Å². The number of fused-ring (bicyclic) bond motifs is 1. The largest absolute Gasteiger partial charge is 0.489 e. The van der Waals surface area contributed by atoms with E-state index in [1.54, 1.807) is 56.4 Å². The van der Waals surface area contributed by atoms with E-state index in [1.807, 2.05) is 26.8 Å². The Hall–Kier alpha value is -2.45. The van der Waals surface area contributed by atoms with Crippen LogP contribution in [0.3, 0.4) is 0 Å². The summed E-state index contributed by atoms with van der Waals surface area (Å²) in [6, 6.07) is 2.96. The molecule has 2 aliphatic heterocycles. The lowest BCUT2D eigenvalue weighted by molar-refractivity contribution is -0.144. The van der Waals surface area contributed by atoms with Crippen molar-refractivity contribution in [3.8, 4) is 5.75 Å². The normalized spacial score (nSPS) is 33.9. The van der Waals surface area contributed by atoms with Gasteiger partial charge in [0.25, 0.3) is 0 Å². The topological polar surface area (TPSA) is 98.4 Å². The minimum Gasteiger partial charge on any atom is -0.489 e. The molecule has 0 unspecified atom stereocenters. The van der Waals surface area contributed by atoms with Crippen LogP contribution in [-0.4, -0.2) is 47.0 Å². The Balaban J connectivity index is 1.58. The first-order chi connectivity index (χ1) is 15.6. The molecule has 0 saturated carbocycles. The molecule has 6 atom stereocenters. The van der Waals surface area contributed by atoms with E-state index in [-0.39, 0.29) is 6.10 Å². The average Bonchev–Trinajstić information content (AvgIpc) is 3.10. The third kappa shape index (κ3) is 5.22. The monoisotopic (exact) mass is 458 g/mol. The molecule has 2 N–H and O–H groups in total. The van der Waals surface area contributed by atoms with Crippen molar-refractivity contribution in [2.45, 2.75) is 71.2 Å². The molecule has 7 heteroatoms. The predicted octanol–water partition coefficient (Wildman–Crippen LogP) is 3.76. The van der Waals surface area contributed by atoms with Gasteiger partial charge in [0, 0.05) is 6.07 Å². The zero-order chi connectivity index (χ0) is 24.2. The smallest absolute Gasteiger partial charge is 0.339 e. The maximum atomic E-state index is 11.7. The lowest BCUT2D eigenvalue weighted by Gasteiger charge is -2.38. The minimum atomic E-state index is -1.19. The molecule has 0 amide bonds. The zero-order valence-electron chi connectivity index (χ0n) is 19.9. The summed E-state index contributed by atoms with van der Waals surface area (Å²) in [6.07, 6.45) is 10.4. The minimum absolute atomic E-state index is 0.378. The molecule has 2 fully saturated rings. The Kier molecular flexibility index (Phi) is 7.80. The molecule has 33 heavy (non-hydrogen) atoms. The average molecular weight is 459 g/mol. The van der Waals surface area contributed by atoms with Gasteiger partial charge in [0.1, 0.15) is 29.8 Å². The van der Waals surface area contributed by atoms with Crippen LogP contribution in [0.4, 0.5) is 0 Å². The van der Waals surface area contributed by atoms with Crippen molar-refractivity contribution in [3.05, 3.63) is 70.3 Å². The van der Waals surface area contributed by atoms with Crippen LogP contribution in [0, 0.1) is 5.41 Å². The number of ether oxygens (including phenoxy) is 3. The van der Waals surface area contributed by atoms with Crippen molar-refractivity contribution in [1.82, 2.24) is 0 Å². The third-order valence-corrected chi connectivity index (χ3v) is 6.47. The molecular formula is C26H34O7. The molecule has 7 nitrogen and oxygen atoms in total. The molecule has 0 bridgehead atoms. The summed E-state index contributed by atoms with van der Waals surface area (Å²) in [5.41, 5.74) is -1.46. The molecule has 2 aliphatic rings. The van der Waals surface area contributed by atoms with Gasteiger partial charge in [0.15, 0.2) is 6.29 Å². The molecule has 3 heterocycles. The lowest BCUT2D eigenvalue weighted by atomic mass is 9.69. The number of hydrogen-bond acceptors (Lipinski definition) is 7. The van der Waals surface area contributed by atoms with Crippen molar-refractivity contribution < 1.29 is 28.8 Å². The molecule has 3 rings (SSSR count). The molecule has 180 valence electrons. The highest BCUT2D eigenvalue weighted by Crippen LogP contribution is 2.55. The Morgan fingerprint density at radius 2 is 1.88 bits per heavy atom. The fourth-order valence-corrected chi connectivity index (χ4v) is 4.22. The highest BCUT2D eigenvalue weighted by Gasteiger charge is 2.69. The van der Waals surface area contributed by atoms with Crippen LogP contribution in [0.2, 0.25) is 0 Å². The first-order valence-electron chi connectivity index (χ1n) is 11.2. The van der Waals surface area contributed by atoms with E-state index in [1.165, 1.54) is 6.07 Å². The van der Waals surface area contributed by atoms with Crippen LogP contribution >= 0.6 is 0 Å². The van der Waals surface area contributed by atoms with E-state index in [9.17, 15) is 15.0 Å². The van der Waals surface area contributed by atoms with E-state index in [0.717, 1.165) is 5.57 Å². The second kappa shape index (κ2) is 10.2. The predicted molar refractivity (Wildman–Crippen MR) is 126 cm³/mol. The summed E-state index contributed by atoms with van der Waals surface area (Å²) in [7, 11) is 0. The summed E-state index contributed by atoms with van der Waals surface area (Å²) < 4.78 is 22.4. The number of allylic oxidation sites excluding steroid dienone is 5. The van der Waals surface area contributed by atoms with E-state index in [2.05, 4.69) is 0 Å². The van der Waals surface area contributed by atoms with E-state index < -0.39 is 35.1 Å². The third-order valence-electron chi connectivity index (χ3n) is 6.47. The van der Waals surface area contributed by atoms with Gasteiger partial charge < -0.3 is 28.8 Å². The first kappa shape index (κ1) is 25.2. The highest BCUT2D eigenvalue weighted by molar-refractivity contribution is 5.47. The van der Waals surface area contributed by atoms with Gasteiger partial charge in [-0.25, -0.2) is 4.79 Å². The quantitative estimate of drug-likeness (QED) is 0.452. The maximum Gasteiger partial charge on any atom is 0.339 e. The van der Waals surface area contributed by atoms with Crippen LogP contribution in [0.5, 0.6) is 5.75 Å². The Morgan fingerprint density at radius 1 is 1.15 bits per heavy atom. The molecule has 2 saturated heterocycles. The fourth-order valence-electron chi connectivity index (χ4n) is 4.22. The standard InChI is InChI=1S/C26H34O7/c1-6-21-26(5,29)25(4)23(28)20(32-24(25)33-21)12-10-8-7-9-11-18-15-19(16-22(27)31-18)30-14-13-17(2)3/h7-13,15-16,20-21,23-24,28-29H,6,14H2,1-5H3/b8-7+,11-9+,12-10+/t20-,21-,23+,24-,25+,26+/m1/s1. The van der Waals surface area contributed by atoms with Crippen LogP contribution in [0.25, 0.3) is 6.08 Å². The van der Waals surface area contributed by atoms with Gasteiger partial charge >= 0.3 is 5.63 Å². The number of hydrogen-bond donors (Lipinski definition) is 2. The summed E-state index contributed by atoms with van der Waals surface area (Å²) in [6.45, 7) is 9.77. The maximum absolute atomic E-state index is 11.7. The molecule has 1 aromatic rings. The van der Waals surface area contributed by atoms with Crippen molar-refractivity contribution in [2.24, 2.45) is 5.41 Å². The van der Waals surface area contributed by atoms with Gasteiger partial charge in [-0.05, 0) is 46.3 Å². The SMILES string of the molecule is CC[C@H]1O[C@H]2O[C@H](/C=C/C=C/C=C/c3cc(OCC=C(C)C)cc(=O)o3)[C@H](O)[C@]2(C)[C@@]1(C)O. The molecular weight excluding hydrogens is 424 g/mol. The summed E-state index contributed by atoms with van der Waals surface area (Å²) in [5, 5.41) is 21.8. The Morgan fingerprint density at radius 3 is 2.55 bits per heavy atom. The van der Waals surface area contributed by atoms with Crippen LogP contribution in [0.15, 0.2) is 63.4 Å². The Bertz CT molecular complexity index is 996. The summed E-state index contributed by atoms with van der Waals surface area (Å²) >= 11 is 0. The van der Waals surface area contributed by atoms with Gasteiger partial charge in [-0.2, -0.15) is 0 Å². The van der Waals surface area contributed by atoms with Crippen LogP contribution < -0.4 is 10.4 Å². The fraction of sp³-hybridized carbons (Fsp3) is 0.500.